The fourth-order valence-corrected chi connectivity index (χ4v) is 3.05. The fourth-order valence-electron chi connectivity index (χ4n) is 3.05. The van der Waals surface area contributed by atoms with E-state index in [-0.39, 0.29) is 0 Å². The second-order valence-electron chi connectivity index (χ2n) is 6.13. The van der Waals surface area contributed by atoms with E-state index in [1.807, 2.05) is 48.7 Å². The van der Waals surface area contributed by atoms with Gasteiger partial charge in [0.15, 0.2) is 0 Å². The second-order valence-corrected chi connectivity index (χ2v) is 6.13. The van der Waals surface area contributed by atoms with Crippen LogP contribution in [0.3, 0.4) is 0 Å². The third kappa shape index (κ3) is 3.85. The summed E-state index contributed by atoms with van der Waals surface area (Å²) < 4.78 is 5.78. The molecule has 0 atom stereocenters. The molecular weight excluding hydrogens is 314 g/mol. The van der Waals surface area contributed by atoms with Gasteiger partial charge in [-0.1, -0.05) is 24.3 Å². The van der Waals surface area contributed by atoms with Gasteiger partial charge in [0.25, 0.3) is 0 Å². The summed E-state index contributed by atoms with van der Waals surface area (Å²) in [5, 5.41) is 8.33. The van der Waals surface area contributed by atoms with Gasteiger partial charge in [-0.15, -0.1) is 10.2 Å². The first-order valence-corrected chi connectivity index (χ1v) is 8.64. The molecule has 0 unspecified atom stereocenters. The van der Waals surface area contributed by atoms with Crippen LogP contribution in [0.2, 0.25) is 0 Å². The summed E-state index contributed by atoms with van der Waals surface area (Å²) in [6.07, 6.45) is 2.63. The van der Waals surface area contributed by atoms with E-state index in [9.17, 15) is 0 Å². The third-order valence-corrected chi connectivity index (χ3v) is 4.48. The Morgan fingerprint density at radius 1 is 0.880 bits per heavy atom. The van der Waals surface area contributed by atoms with Gasteiger partial charge >= 0.3 is 0 Å². The number of piperazine rings is 1. The molecule has 128 valence electrons. The van der Waals surface area contributed by atoms with Crippen molar-refractivity contribution in [3.8, 4) is 11.5 Å². The van der Waals surface area contributed by atoms with Crippen molar-refractivity contribution < 1.29 is 4.42 Å². The Balaban J connectivity index is 1.28. The molecule has 0 N–H and O–H groups in total. The van der Waals surface area contributed by atoms with Crippen LogP contribution in [0, 0.1) is 0 Å². The lowest BCUT2D eigenvalue weighted by Crippen LogP contribution is -2.47. The Bertz CT molecular complexity index is 782. The number of hydrogen-bond donors (Lipinski definition) is 0. The first-order valence-electron chi connectivity index (χ1n) is 8.64. The predicted molar refractivity (Wildman–Crippen MR) is 96.3 cm³/mol. The molecule has 25 heavy (non-hydrogen) atoms. The number of nitrogens with zero attached hydrogens (tertiary/aromatic N) is 5. The number of anilines is 1. The molecule has 4 rings (SSSR count). The number of rotatable bonds is 5. The molecule has 0 spiro atoms. The minimum atomic E-state index is 0.593. The Labute approximate surface area is 147 Å². The molecule has 1 fully saturated rings. The highest BCUT2D eigenvalue weighted by atomic mass is 16.4. The SMILES string of the molecule is c1ccc(-c2nnc(CCN3CCN(c4ccccn4)CC3)o2)cc1. The lowest BCUT2D eigenvalue weighted by Gasteiger charge is -2.35. The van der Waals surface area contributed by atoms with Gasteiger partial charge in [-0.2, -0.15) is 0 Å². The van der Waals surface area contributed by atoms with Crippen molar-refractivity contribution in [3.63, 3.8) is 0 Å². The van der Waals surface area contributed by atoms with E-state index in [1.54, 1.807) is 0 Å². The highest BCUT2D eigenvalue weighted by molar-refractivity contribution is 5.51. The minimum Gasteiger partial charge on any atom is -0.421 e. The summed E-state index contributed by atoms with van der Waals surface area (Å²) in [6.45, 7) is 4.98. The van der Waals surface area contributed by atoms with Crippen LogP contribution in [0.15, 0.2) is 59.1 Å². The molecule has 1 aromatic carbocycles. The average Bonchev–Trinajstić information content (AvgIpc) is 3.17. The Morgan fingerprint density at radius 3 is 2.44 bits per heavy atom. The van der Waals surface area contributed by atoms with Crippen molar-refractivity contribution >= 4 is 5.82 Å². The zero-order valence-corrected chi connectivity index (χ0v) is 14.1. The summed E-state index contributed by atoms with van der Waals surface area (Å²) >= 11 is 0. The fraction of sp³-hybridized carbons (Fsp3) is 0.316. The van der Waals surface area contributed by atoms with Crippen molar-refractivity contribution in [3.05, 3.63) is 60.6 Å². The molecule has 6 nitrogen and oxygen atoms in total. The van der Waals surface area contributed by atoms with E-state index in [1.165, 1.54) is 0 Å². The van der Waals surface area contributed by atoms with Gasteiger partial charge in [-0.05, 0) is 24.3 Å². The smallest absolute Gasteiger partial charge is 0.247 e. The van der Waals surface area contributed by atoms with E-state index >= 15 is 0 Å². The van der Waals surface area contributed by atoms with Crippen LogP contribution in [0.4, 0.5) is 5.82 Å². The third-order valence-electron chi connectivity index (χ3n) is 4.48. The molecule has 0 bridgehead atoms. The highest BCUT2D eigenvalue weighted by Crippen LogP contribution is 2.17. The van der Waals surface area contributed by atoms with E-state index in [0.29, 0.717) is 11.8 Å². The van der Waals surface area contributed by atoms with E-state index in [4.69, 9.17) is 4.42 Å². The zero-order chi connectivity index (χ0) is 16.9. The van der Waals surface area contributed by atoms with Crippen LogP contribution in [0.25, 0.3) is 11.5 Å². The predicted octanol–water partition coefficient (Wildman–Crippen LogP) is 2.50. The summed E-state index contributed by atoms with van der Waals surface area (Å²) in [7, 11) is 0. The van der Waals surface area contributed by atoms with Crippen molar-refractivity contribution in [2.24, 2.45) is 0 Å². The van der Waals surface area contributed by atoms with Crippen molar-refractivity contribution in [1.82, 2.24) is 20.1 Å². The van der Waals surface area contributed by atoms with Crippen LogP contribution < -0.4 is 4.90 Å². The molecule has 1 aliphatic rings. The van der Waals surface area contributed by atoms with Crippen molar-refractivity contribution in [1.29, 1.82) is 0 Å². The Morgan fingerprint density at radius 2 is 1.68 bits per heavy atom. The number of pyridine rings is 1. The Hall–Kier alpha value is -2.73. The quantitative estimate of drug-likeness (QED) is 0.714. The molecule has 0 amide bonds. The highest BCUT2D eigenvalue weighted by Gasteiger charge is 2.18. The molecule has 0 radical (unpaired) electrons. The van der Waals surface area contributed by atoms with Gasteiger partial charge in [-0.3, -0.25) is 4.90 Å². The summed E-state index contributed by atoms with van der Waals surface area (Å²) in [4.78, 5) is 9.19. The topological polar surface area (TPSA) is 58.3 Å². The minimum absolute atomic E-state index is 0.593. The molecule has 6 heteroatoms. The first-order chi connectivity index (χ1) is 12.4. The van der Waals surface area contributed by atoms with Crippen LogP contribution in [-0.4, -0.2) is 52.8 Å². The maximum absolute atomic E-state index is 5.78. The van der Waals surface area contributed by atoms with Crippen molar-refractivity contribution in [2.45, 2.75) is 6.42 Å². The first kappa shape index (κ1) is 15.8. The maximum atomic E-state index is 5.78. The van der Waals surface area contributed by atoms with Crippen LogP contribution >= 0.6 is 0 Å². The maximum Gasteiger partial charge on any atom is 0.247 e. The lowest BCUT2D eigenvalue weighted by molar-refractivity contribution is 0.253. The monoisotopic (exact) mass is 335 g/mol. The van der Waals surface area contributed by atoms with Gasteiger partial charge in [0.2, 0.25) is 11.8 Å². The summed E-state index contributed by atoms with van der Waals surface area (Å²) in [5.74, 6) is 2.35. The Kier molecular flexibility index (Phi) is 4.70. The van der Waals surface area contributed by atoms with Gasteiger partial charge in [-0.25, -0.2) is 4.98 Å². The average molecular weight is 335 g/mol. The van der Waals surface area contributed by atoms with Gasteiger partial charge < -0.3 is 9.32 Å². The molecule has 3 heterocycles. The van der Waals surface area contributed by atoms with E-state index < -0.39 is 0 Å². The molecule has 1 saturated heterocycles. The standard InChI is InChI=1S/C19H21N5O/c1-2-6-16(7-3-1)19-22-21-18(25-19)9-11-23-12-14-24(15-13-23)17-8-4-5-10-20-17/h1-8,10H,9,11-15H2. The number of hydrogen-bond acceptors (Lipinski definition) is 6. The summed E-state index contributed by atoms with van der Waals surface area (Å²) in [5.41, 5.74) is 0.963. The normalized spacial score (nSPS) is 15.4. The van der Waals surface area contributed by atoms with Gasteiger partial charge in [0.05, 0.1) is 0 Å². The van der Waals surface area contributed by atoms with Crippen LogP contribution in [-0.2, 0) is 6.42 Å². The zero-order valence-electron chi connectivity index (χ0n) is 14.1. The van der Waals surface area contributed by atoms with E-state index in [2.05, 4.69) is 31.0 Å². The molecule has 3 aromatic rings. The van der Waals surface area contributed by atoms with E-state index in [0.717, 1.165) is 50.5 Å². The lowest BCUT2D eigenvalue weighted by atomic mass is 10.2. The van der Waals surface area contributed by atoms with Crippen LogP contribution in [0.5, 0.6) is 0 Å². The number of benzene rings is 1. The molecule has 0 saturated carbocycles. The molecule has 2 aromatic heterocycles. The molecule has 1 aliphatic heterocycles. The largest absolute Gasteiger partial charge is 0.421 e. The van der Waals surface area contributed by atoms with Crippen molar-refractivity contribution in [2.75, 3.05) is 37.6 Å². The summed E-state index contributed by atoms with van der Waals surface area (Å²) in [6, 6.07) is 15.9. The second kappa shape index (κ2) is 7.44. The van der Waals surface area contributed by atoms with Gasteiger partial charge in [0.1, 0.15) is 5.82 Å². The van der Waals surface area contributed by atoms with Crippen LogP contribution in [0.1, 0.15) is 5.89 Å². The van der Waals surface area contributed by atoms with Gasteiger partial charge in [0, 0.05) is 50.9 Å². The number of aromatic nitrogens is 3. The molecular formula is C19H21N5O. The molecule has 0 aliphatic carbocycles.